The highest BCUT2D eigenvalue weighted by molar-refractivity contribution is 4.51. The molecule has 0 aromatic heterocycles. The lowest BCUT2D eigenvalue weighted by Gasteiger charge is -2.40. The number of halogens is 1. The third kappa shape index (κ3) is 9.38. The van der Waals surface area contributed by atoms with Gasteiger partial charge in [0.15, 0.2) is 0 Å². The van der Waals surface area contributed by atoms with Crippen molar-refractivity contribution in [3.8, 4) is 0 Å². The molecule has 0 radical (unpaired) electrons. The van der Waals surface area contributed by atoms with Crippen LogP contribution in [-0.2, 0) is 0 Å². The molecule has 18 heavy (non-hydrogen) atoms. The molecule has 0 saturated heterocycles. The van der Waals surface area contributed by atoms with E-state index in [2.05, 4.69) is 34.6 Å². The van der Waals surface area contributed by atoms with E-state index in [0.717, 1.165) is 5.92 Å². The van der Waals surface area contributed by atoms with Crippen LogP contribution in [-0.4, -0.2) is 30.7 Å². The monoisotopic (exact) mass is 321 g/mol. The van der Waals surface area contributed by atoms with Gasteiger partial charge in [-0.15, -0.1) is 0 Å². The van der Waals surface area contributed by atoms with Gasteiger partial charge >= 0.3 is 0 Å². The highest BCUT2D eigenvalue weighted by atomic mass is 79.9. The molecule has 112 valence electrons. The predicted octanol–water partition coefficient (Wildman–Crippen LogP) is 1.86. The van der Waals surface area contributed by atoms with Gasteiger partial charge in [-0.3, -0.25) is 0 Å². The second kappa shape index (κ2) is 12.5. The molecule has 2 heteroatoms. The smallest absolute Gasteiger partial charge is 0.0809 e. The van der Waals surface area contributed by atoms with Crippen molar-refractivity contribution in [1.29, 1.82) is 0 Å². The maximum absolute atomic E-state index is 2.39. The van der Waals surface area contributed by atoms with Crippen LogP contribution in [0.4, 0.5) is 0 Å². The third-order valence-corrected chi connectivity index (χ3v) is 3.71. The lowest BCUT2D eigenvalue weighted by molar-refractivity contribution is -0.931. The van der Waals surface area contributed by atoms with Gasteiger partial charge in [0.05, 0.1) is 26.2 Å². The summed E-state index contributed by atoms with van der Waals surface area (Å²) in [5.41, 5.74) is 0. The van der Waals surface area contributed by atoms with Gasteiger partial charge in [0.25, 0.3) is 0 Å². The zero-order chi connectivity index (χ0) is 13.1. The summed E-state index contributed by atoms with van der Waals surface area (Å²) in [7, 11) is 0. The standard InChI is InChI=1S/C16H36N.BrH/c1-6-9-12-17(13-10-7-2,14-11-8-3)15-16(4)5;/h16H,6-15H2,1-5H3;1H/q+1;/p-1. The minimum absolute atomic E-state index is 0. The minimum atomic E-state index is 0. The Hall–Kier alpha value is 0.440. The molecule has 0 spiro atoms. The molecule has 0 heterocycles. The quantitative estimate of drug-likeness (QED) is 0.510. The van der Waals surface area contributed by atoms with Crippen LogP contribution in [0.25, 0.3) is 0 Å². The highest BCUT2D eigenvalue weighted by Gasteiger charge is 2.26. The van der Waals surface area contributed by atoms with Crippen LogP contribution in [0.15, 0.2) is 0 Å². The second-order valence-electron chi connectivity index (χ2n) is 6.15. The lowest BCUT2D eigenvalue weighted by atomic mass is 10.1. The fraction of sp³-hybridized carbons (Fsp3) is 1.00. The van der Waals surface area contributed by atoms with Gasteiger partial charge in [-0.1, -0.05) is 53.9 Å². The molecule has 0 N–H and O–H groups in total. The molecular formula is C16H36BrN. The van der Waals surface area contributed by atoms with Crippen molar-refractivity contribution in [2.45, 2.75) is 73.1 Å². The topological polar surface area (TPSA) is 0 Å². The molecule has 0 aromatic rings. The van der Waals surface area contributed by atoms with Crippen LogP contribution >= 0.6 is 0 Å². The summed E-state index contributed by atoms with van der Waals surface area (Å²) in [6, 6.07) is 0. The first-order chi connectivity index (χ1) is 8.10. The number of hydrogen-bond donors (Lipinski definition) is 0. The van der Waals surface area contributed by atoms with Crippen molar-refractivity contribution in [2.75, 3.05) is 26.2 Å². The summed E-state index contributed by atoms with van der Waals surface area (Å²) < 4.78 is 1.40. The number of quaternary nitrogens is 1. The first-order valence-corrected chi connectivity index (χ1v) is 7.95. The van der Waals surface area contributed by atoms with E-state index in [0.29, 0.717) is 0 Å². The predicted molar refractivity (Wildman–Crippen MR) is 79.3 cm³/mol. The van der Waals surface area contributed by atoms with Crippen LogP contribution in [0.2, 0.25) is 0 Å². The Morgan fingerprint density at radius 3 is 1.28 bits per heavy atom. The average Bonchev–Trinajstić information content (AvgIpc) is 2.30. The Morgan fingerprint density at radius 2 is 1.06 bits per heavy atom. The van der Waals surface area contributed by atoms with Gasteiger partial charge in [0.1, 0.15) is 0 Å². The van der Waals surface area contributed by atoms with Crippen molar-refractivity contribution in [2.24, 2.45) is 5.92 Å². The molecular weight excluding hydrogens is 286 g/mol. The van der Waals surface area contributed by atoms with Crippen molar-refractivity contribution in [3.05, 3.63) is 0 Å². The van der Waals surface area contributed by atoms with Crippen molar-refractivity contribution >= 4 is 0 Å². The molecule has 0 amide bonds. The van der Waals surface area contributed by atoms with E-state index in [1.165, 1.54) is 69.2 Å². The van der Waals surface area contributed by atoms with Gasteiger partial charge in [-0.05, 0) is 19.3 Å². The molecule has 0 aromatic carbocycles. The first-order valence-electron chi connectivity index (χ1n) is 7.95. The fourth-order valence-electron chi connectivity index (χ4n) is 2.86. The minimum Gasteiger partial charge on any atom is -1.00 e. The fourth-order valence-corrected chi connectivity index (χ4v) is 2.86. The van der Waals surface area contributed by atoms with Gasteiger partial charge in [-0.25, -0.2) is 0 Å². The van der Waals surface area contributed by atoms with E-state index in [1.54, 1.807) is 0 Å². The van der Waals surface area contributed by atoms with Crippen LogP contribution in [0, 0.1) is 5.92 Å². The number of nitrogens with zero attached hydrogens (tertiary/aromatic N) is 1. The summed E-state index contributed by atoms with van der Waals surface area (Å²) in [5.74, 6) is 0.834. The summed E-state index contributed by atoms with van der Waals surface area (Å²) in [5, 5.41) is 0. The van der Waals surface area contributed by atoms with Crippen LogP contribution < -0.4 is 17.0 Å². The van der Waals surface area contributed by atoms with Crippen molar-refractivity contribution in [3.63, 3.8) is 0 Å². The number of unbranched alkanes of at least 4 members (excludes halogenated alkanes) is 3. The number of hydrogen-bond acceptors (Lipinski definition) is 0. The Bertz CT molecular complexity index is 147. The van der Waals surface area contributed by atoms with Gasteiger partial charge in [0.2, 0.25) is 0 Å². The van der Waals surface area contributed by atoms with E-state index < -0.39 is 0 Å². The van der Waals surface area contributed by atoms with Gasteiger partial charge in [-0.2, -0.15) is 0 Å². The van der Waals surface area contributed by atoms with E-state index in [9.17, 15) is 0 Å². The molecule has 1 nitrogen and oxygen atoms in total. The van der Waals surface area contributed by atoms with E-state index in [1.807, 2.05) is 0 Å². The zero-order valence-corrected chi connectivity index (χ0v) is 15.1. The maximum atomic E-state index is 2.39. The van der Waals surface area contributed by atoms with Gasteiger partial charge < -0.3 is 21.5 Å². The molecule has 0 atom stereocenters. The Morgan fingerprint density at radius 1 is 0.722 bits per heavy atom. The third-order valence-electron chi connectivity index (χ3n) is 3.71. The SMILES string of the molecule is CCCC[N+](CCCC)(CCCC)CC(C)C.[Br-]. The average molecular weight is 322 g/mol. The summed E-state index contributed by atoms with van der Waals surface area (Å²) in [6.45, 7) is 17.4. The van der Waals surface area contributed by atoms with Crippen LogP contribution in [0.3, 0.4) is 0 Å². The van der Waals surface area contributed by atoms with Crippen LogP contribution in [0.1, 0.15) is 73.1 Å². The van der Waals surface area contributed by atoms with Crippen molar-refractivity contribution in [1.82, 2.24) is 0 Å². The highest BCUT2D eigenvalue weighted by Crippen LogP contribution is 2.17. The molecule has 0 aliphatic rings. The summed E-state index contributed by atoms with van der Waals surface area (Å²) in [4.78, 5) is 0. The molecule has 0 aliphatic carbocycles. The Kier molecular flexibility index (Phi) is 14.4. The van der Waals surface area contributed by atoms with E-state index in [-0.39, 0.29) is 17.0 Å². The number of rotatable bonds is 11. The first kappa shape index (κ1) is 20.8. The summed E-state index contributed by atoms with van der Waals surface area (Å²) in [6.07, 6.45) is 8.24. The van der Waals surface area contributed by atoms with Gasteiger partial charge in [0, 0.05) is 5.92 Å². The van der Waals surface area contributed by atoms with E-state index in [4.69, 9.17) is 0 Å². The lowest BCUT2D eigenvalue weighted by Crippen LogP contribution is -3.00. The van der Waals surface area contributed by atoms with Crippen molar-refractivity contribution < 1.29 is 21.5 Å². The normalized spacial score (nSPS) is 11.7. The molecule has 0 bridgehead atoms. The molecule has 0 rings (SSSR count). The van der Waals surface area contributed by atoms with Crippen LogP contribution in [0.5, 0.6) is 0 Å². The molecule has 0 aliphatic heterocycles. The zero-order valence-electron chi connectivity index (χ0n) is 13.5. The Labute approximate surface area is 127 Å². The second-order valence-corrected chi connectivity index (χ2v) is 6.15. The molecule has 0 fully saturated rings. The molecule has 0 saturated carbocycles. The maximum Gasteiger partial charge on any atom is 0.0809 e. The largest absolute Gasteiger partial charge is 1.00 e. The van der Waals surface area contributed by atoms with E-state index >= 15 is 0 Å². The molecule has 0 unspecified atom stereocenters. The Balaban J connectivity index is 0. The summed E-state index contributed by atoms with van der Waals surface area (Å²) >= 11 is 0.